The van der Waals surface area contributed by atoms with Crippen molar-refractivity contribution in [1.29, 1.82) is 0 Å². The lowest BCUT2D eigenvalue weighted by molar-refractivity contribution is 0.0766. The maximum absolute atomic E-state index is 14.0. The van der Waals surface area contributed by atoms with Gasteiger partial charge in [0.1, 0.15) is 17.4 Å². The minimum atomic E-state index is -0.437. The minimum absolute atomic E-state index is 0.0472. The van der Waals surface area contributed by atoms with E-state index in [-0.39, 0.29) is 11.2 Å². The van der Waals surface area contributed by atoms with E-state index in [1.807, 2.05) is 6.92 Å². The molecule has 1 aliphatic rings. The van der Waals surface area contributed by atoms with Gasteiger partial charge >= 0.3 is 0 Å². The van der Waals surface area contributed by atoms with Crippen molar-refractivity contribution in [2.75, 3.05) is 25.4 Å². The summed E-state index contributed by atoms with van der Waals surface area (Å²) in [5.74, 6) is 0.540. The Morgan fingerprint density at radius 3 is 2.69 bits per heavy atom. The van der Waals surface area contributed by atoms with Crippen LogP contribution in [0.3, 0.4) is 0 Å². The van der Waals surface area contributed by atoms with Crippen LogP contribution in [-0.4, -0.2) is 36.3 Å². The van der Waals surface area contributed by atoms with Crippen molar-refractivity contribution in [2.45, 2.75) is 18.6 Å². The van der Waals surface area contributed by atoms with Crippen LogP contribution in [0.1, 0.15) is 34.5 Å². The van der Waals surface area contributed by atoms with Gasteiger partial charge in [-0.05, 0) is 55.8 Å². The molecule has 0 bridgehead atoms. The van der Waals surface area contributed by atoms with E-state index < -0.39 is 11.6 Å². The molecular formula is C20H21F2NO2S. The summed E-state index contributed by atoms with van der Waals surface area (Å²) in [5, 5.41) is -0.149. The molecule has 138 valence electrons. The van der Waals surface area contributed by atoms with Crippen LogP contribution in [0.25, 0.3) is 0 Å². The average Bonchev–Trinajstić information content (AvgIpc) is 2.90. The molecule has 1 atom stereocenters. The standard InChI is InChI=1S/C20H21F2NO2S/c1-2-25-16-6-3-14(4-7-16)20(24)23-10-9-19(26-12-11-23)17-13-15(21)5-8-18(17)22/h3-8,13,19H,2,9-12H2,1H3. The van der Waals surface area contributed by atoms with E-state index in [0.717, 1.165) is 11.8 Å². The number of hydrogen-bond acceptors (Lipinski definition) is 3. The highest BCUT2D eigenvalue weighted by atomic mass is 32.2. The zero-order valence-electron chi connectivity index (χ0n) is 14.6. The molecule has 1 fully saturated rings. The van der Waals surface area contributed by atoms with E-state index in [9.17, 15) is 13.6 Å². The van der Waals surface area contributed by atoms with Gasteiger partial charge in [0.15, 0.2) is 0 Å². The molecule has 1 aliphatic heterocycles. The van der Waals surface area contributed by atoms with Crippen molar-refractivity contribution in [3.63, 3.8) is 0 Å². The predicted octanol–water partition coefficient (Wildman–Crippen LogP) is 4.68. The average molecular weight is 377 g/mol. The van der Waals surface area contributed by atoms with Gasteiger partial charge in [-0.1, -0.05) is 0 Å². The second-order valence-electron chi connectivity index (χ2n) is 6.06. The topological polar surface area (TPSA) is 29.5 Å². The SMILES string of the molecule is CCOc1ccc(C(=O)N2CCSC(c3cc(F)ccc3F)CC2)cc1. The largest absolute Gasteiger partial charge is 0.494 e. The summed E-state index contributed by atoms with van der Waals surface area (Å²) in [4.78, 5) is 14.5. The maximum Gasteiger partial charge on any atom is 0.253 e. The van der Waals surface area contributed by atoms with Crippen LogP contribution in [-0.2, 0) is 0 Å². The summed E-state index contributed by atoms with van der Waals surface area (Å²) in [6, 6.07) is 10.6. The molecule has 0 N–H and O–H groups in total. The summed E-state index contributed by atoms with van der Waals surface area (Å²) in [6.45, 7) is 3.59. The third-order valence-corrected chi connectivity index (χ3v) is 5.66. The first-order valence-electron chi connectivity index (χ1n) is 8.67. The van der Waals surface area contributed by atoms with Gasteiger partial charge in [0.05, 0.1) is 6.61 Å². The molecule has 3 nitrogen and oxygen atoms in total. The van der Waals surface area contributed by atoms with Gasteiger partial charge in [0, 0.05) is 35.2 Å². The lowest BCUT2D eigenvalue weighted by Gasteiger charge is -2.20. The second kappa shape index (κ2) is 8.54. The van der Waals surface area contributed by atoms with Crippen molar-refractivity contribution >= 4 is 17.7 Å². The highest BCUT2D eigenvalue weighted by molar-refractivity contribution is 7.99. The number of rotatable bonds is 4. The first kappa shape index (κ1) is 18.7. The van der Waals surface area contributed by atoms with Crippen LogP contribution in [0.4, 0.5) is 8.78 Å². The first-order chi connectivity index (χ1) is 12.6. The van der Waals surface area contributed by atoms with E-state index in [4.69, 9.17) is 4.74 Å². The normalized spacial score (nSPS) is 17.7. The summed E-state index contributed by atoms with van der Waals surface area (Å²) >= 11 is 1.56. The summed E-state index contributed by atoms with van der Waals surface area (Å²) in [6.07, 6.45) is 0.591. The Morgan fingerprint density at radius 2 is 1.96 bits per heavy atom. The molecule has 1 saturated heterocycles. The number of hydrogen-bond donors (Lipinski definition) is 0. The van der Waals surface area contributed by atoms with E-state index in [1.165, 1.54) is 12.1 Å². The number of carbonyl (C=O) groups excluding carboxylic acids is 1. The zero-order chi connectivity index (χ0) is 18.5. The summed E-state index contributed by atoms with van der Waals surface area (Å²) in [7, 11) is 0. The van der Waals surface area contributed by atoms with E-state index >= 15 is 0 Å². The van der Waals surface area contributed by atoms with Crippen molar-refractivity contribution in [3.8, 4) is 5.75 Å². The van der Waals surface area contributed by atoms with Gasteiger partial charge in [-0.2, -0.15) is 11.8 Å². The van der Waals surface area contributed by atoms with E-state index in [1.54, 1.807) is 40.9 Å². The molecule has 26 heavy (non-hydrogen) atoms. The van der Waals surface area contributed by atoms with Gasteiger partial charge in [0.25, 0.3) is 5.91 Å². The number of nitrogens with zero attached hydrogens (tertiary/aromatic N) is 1. The first-order valence-corrected chi connectivity index (χ1v) is 9.72. The van der Waals surface area contributed by atoms with E-state index in [2.05, 4.69) is 0 Å². The van der Waals surface area contributed by atoms with Crippen LogP contribution in [0.15, 0.2) is 42.5 Å². The fourth-order valence-corrected chi connectivity index (χ4v) is 4.27. The molecular weight excluding hydrogens is 356 g/mol. The van der Waals surface area contributed by atoms with Crippen molar-refractivity contribution in [1.82, 2.24) is 4.90 Å². The van der Waals surface area contributed by atoms with Crippen LogP contribution in [0.5, 0.6) is 5.75 Å². The van der Waals surface area contributed by atoms with Crippen LogP contribution in [0.2, 0.25) is 0 Å². The highest BCUT2D eigenvalue weighted by Crippen LogP contribution is 2.36. The number of carbonyl (C=O) groups is 1. The van der Waals surface area contributed by atoms with Crippen LogP contribution >= 0.6 is 11.8 Å². The van der Waals surface area contributed by atoms with Gasteiger partial charge in [-0.3, -0.25) is 4.79 Å². The number of ether oxygens (including phenoxy) is 1. The molecule has 3 rings (SSSR count). The zero-order valence-corrected chi connectivity index (χ0v) is 15.4. The molecule has 0 aliphatic carbocycles. The molecule has 1 unspecified atom stereocenters. The number of thioether (sulfide) groups is 1. The highest BCUT2D eigenvalue weighted by Gasteiger charge is 2.24. The quantitative estimate of drug-likeness (QED) is 0.775. The number of halogens is 2. The fourth-order valence-electron chi connectivity index (χ4n) is 3.03. The monoisotopic (exact) mass is 377 g/mol. The molecule has 0 radical (unpaired) electrons. The lowest BCUT2D eigenvalue weighted by Crippen LogP contribution is -2.32. The Morgan fingerprint density at radius 1 is 1.19 bits per heavy atom. The Labute approximate surface area is 156 Å². The van der Waals surface area contributed by atoms with Gasteiger partial charge in [-0.15, -0.1) is 0 Å². The smallest absolute Gasteiger partial charge is 0.253 e. The summed E-state index contributed by atoms with van der Waals surface area (Å²) in [5.41, 5.74) is 0.985. The molecule has 1 heterocycles. The van der Waals surface area contributed by atoms with Crippen molar-refractivity contribution < 1.29 is 18.3 Å². The molecule has 2 aromatic carbocycles. The predicted molar refractivity (Wildman–Crippen MR) is 99.7 cm³/mol. The molecule has 0 spiro atoms. The van der Waals surface area contributed by atoms with Gasteiger partial charge in [-0.25, -0.2) is 8.78 Å². The third-order valence-electron chi connectivity index (χ3n) is 4.35. The van der Waals surface area contributed by atoms with Gasteiger partial charge in [0.2, 0.25) is 0 Å². The van der Waals surface area contributed by atoms with Crippen molar-refractivity contribution in [3.05, 3.63) is 65.2 Å². The van der Waals surface area contributed by atoms with Crippen LogP contribution in [0, 0.1) is 11.6 Å². The Balaban J connectivity index is 1.68. The Bertz CT molecular complexity index is 767. The van der Waals surface area contributed by atoms with Gasteiger partial charge < -0.3 is 9.64 Å². The molecule has 2 aromatic rings. The van der Waals surface area contributed by atoms with Crippen molar-refractivity contribution in [2.24, 2.45) is 0 Å². The third kappa shape index (κ3) is 4.36. The fraction of sp³-hybridized carbons (Fsp3) is 0.350. The molecule has 1 amide bonds. The number of benzene rings is 2. The summed E-state index contributed by atoms with van der Waals surface area (Å²) < 4.78 is 32.9. The molecule has 0 saturated carbocycles. The van der Waals surface area contributed by atoms with Crippen LogP contribution < -0.4 is 4.74 Å². The Kier molecular flexibility index (Phi) is 6.14. The number of amides is 1. The molecule has 6 heteroatoms. The Hall–Kier alpha value is -2.08. The maximum atomic E-state index is 14.0. The lowest BCUT2D eigenvalue weighted by atomic mass is 10.1. The minimum Gasteiger partial charge on any atom is -0.494 e. The second-order valence-corrected chi connectivity index (χ2v) is 7.37. The van der Waals surface area contributed by atoms with E-state index in [0.29, 0.717) is 43.0 Å². The molecule has 0 aromatic heterocycles.